The predicted molar refractivity (Wildman–Crippen MR) is 110 cm³/mol. The van der Waals surface area contributed by atoms with Crippen LogP contribution in [-0.4, -0.2) is 58.2 Å². The van der Waals surface area contributed by atoms with E-state index in [1.54, 1.807) is 17.0 Å². The number of hydrogen-bond acceptors (Lipinski definition) is 5. The molecule has 0 bridgehead atoms. The first-order valence-corrected chi connectivity index (χ1v) is 11.0. The van der Waals surface area contributed by atoms with Gasteiger partial charge in [-0.05, 0) is 24.3 Å². The first-order valence-electron chi connectivity index (χ1n) is 10.1. The largest absolute Gasteiger partial charge is 0.336 e. The molecule has 1 aromatic carbocycles. The maximum atomic E-state index is 13.6. The first kappa shape index (κ1) is 21.8. The second kappa shape index (κ2) is 8.58. The van der Waals surface area contributed by atoms with Gasteiger partial charge in [0.15, 0.2) is 0 Å². The molecule has 1 fully saturated rings. The molecule has 4 rings (SSSR count). The molecule has 6 nitrogen and oxygen atoms in total. The topological polar surface area (TPSA) is 79.5 Å². The molecular weight excluding hydrogens is 429 g/mol. The number of likely N-dealkylation sites (tertiary alicyclic amines) is 1. The van der Waals surface area contributed by atoms with E-state index in [0.717, 1.165) is 26.0 Å². The second-order valence-electron chi connectivity index (χ2n) is 8.06. The molecule has 2 aliphatic heterocycles. The minimum absolute atomic E-state index is 0.0281. The van der Waals surface area contributed by atoms with Gasteiger partial charge in [0.05, 0.1) is 18.8 Å². The maximum absolute atomic E-state index is 13.6. The minimum atomic E-state index is -2.91. The number of fused-ring (bicyclic) bond motifs is 1. The predicted octanol–water partition coefficient (Wildman–Crippen LogP) is 2.81. The zero-order valence-corrected chi connectivity index (χ0v) is 17.6. The van der Waals surface area contributed by atoms with Gasteiger partial charge in [0, 0.05) is 55.3 Å². The summed E-state index contributed by atoms with van der Waals surface area (Å²) in [5.74, 6) is -3.76. The van der Waals surface area contributed by atoms with E-state index in [9.17, 15) is 22.8 Å². The Morgan fingerprint density at radius 1 is 1.26 bits per heavy atom. The van der Waals surface area contributed by atoms with E-state index in [2.05, 4.69) is 4.98 Å². The molecule has 0 radical (unpaired) electrons. The van der Waals surface area contributed by atoms with Gasteiger partial charge in [-0.25, -0.2) is 18.2 Å². The molecule has 31 heavy (non-hydrogen) atoms. The Morgan fingerprint density at radius 3 is 2.74 bits per heavy atom. The lowest BCUT2D eigenvalue weighted by Gasteiger charge is -2.34. The summed E-state index contributed by atoms with van der Waals surface area (Å²) in [6, 6.07) is 5.41. The number of rotatable bonds is 5. The number of piperidine rings is 1. The summed E-state index contributed by atoms with van der Waals surface area (Å²) in [6.07, 6.45) is -0.0193. The van der Waals surface area contributed by atoms with Crippen molar-refractivity contribution in [1.82, 2.24) is 14.8 Å². The molecule has 10 heteroatoms. The van der Waals surface area contributed by atoms with Crippen LogP contribution < -0.4 is 5.73 Å². The molecule has 3 heterocycles. The van der Waals surface area contributed by atoms with Crippen molar-refractivity contribution in [2.75, 3.05) is 19.6 Å². The summed E-state index contributed by atoms with van der Waals surface area (Å²) >= 11 is 1.53. The number of alkyl halides is 2. The van der Waals surface area contributed by atoms with Crippen LogP contribution in [0.1, 0.15) is 29.8 Å². The fourth-order valence-corrected chi connectivity index (χ4v) is 4.95. The highest BCUT2D eigenvalue weighted by molar-refractivity contribution is 7.15. The van der Waals surface area contributed by atoms with Crippen molar-refractivity contribution in [3.63, 3.8) is 0 Å². The third-order valence-corrected chi connectivity index (χ3v) is 6.75. The van der Waals surface area contributed by atoms with Gasteiger partial charge in [0.25, 0.3) is 5.92 Å². The average molecular weight is 453 g/mol. The zero-order valence-electron chi connectivity index (χ0n) is 16.8. The summed E-state index contributed by atoms with van der Waals surface area (Å²) in [6.45, 7) is 0.153. The van der Waals surface area contributed by atoms with E-state index >= 15 is 0 Å². The normalized spacial score (nSPS) is 19.3. The van der Waals surface area contributed by atoms with Gasteiger partial charge in [-0.1, -0.05) is 0 Å². The van der Waals surface area contributed by atoms with Crippen LogP contribution in [0, 0.1) is 5.82 Å². The van der Waals surface area contributed by atoms with Gasteiger partial charge in [0.2, 0.25) is 11.8 Å². The van der Waals surface area contributed by atoms with E-state index in [0.29, 0.717) is 19.5 Å². The summed E-state index contributed by atoms with van der Waals surface area (Å²) in [4.78, 5) is 33.0. The molecule has 0 aliphatic carbocycles. The first-order chi connectivity index (χ1) is 14.7. The molecule has 2 aliphatic rings. The number of carbonyl (C=O) groups is 2. The maximum Gasteiger partial charge on any atom is 0.265 e. The van der Waals surface area contributed by atoms with Crippen LogP contribution in [0.4, 0.5) is 13.2 Å². The number of nitrogens with two attached hydrogens (primary N) is 1. The number of aromatic nitrogens is 1. The van der Waals surface area contributed by atoms with Crippen molar-refractivity contribution in [3.05, 3.63) is 40.7 Å². The fourth-order valence-electron chi connectivity index (χ4n) is 3.89. The molecular formula is C21H23F3N4O2S. The highest BCUT2D eigenvalue weighted by atomic mass is 32.1. The third-order valence-electron chi connectivity index (χ3n) is 5.54. The Balaban J connectivity index is 1.35. The van der Waals surface area contributed by atoms with Crippen LogP contribution in [0.5, 0.6) is 0 Å². The van der Waals surface area contributed by atoms with E-state index in [-0.39, 0.29) is 37.0 Å². The molecule has 1 saturated heterocycles. The Kier molecular flexibility index (Phi) is 6.02. The quantitative estimate of drug-likeness (QED) is 0.757. The monoisotopic (exact) mass is 452 g/mol. The molecule has 0 spiro atoms. The zero-order chi connectivity index (χ0) is 22.2. The van der Waals surface area contributed by atoms with Crippen LogP contribution in [-0.2, 0) is 22.6 Å². The van der Waals surface area contributed by atoms with Crippen LogP contribution in [0.15, 0.2) is 24.3 Å². The van der Waals surface area contributed by atoms with E-state index in [1.165, 1.54) is 23.5 Å². The fraction of sp³-hybridized carbons (Fsp3) is 0.476. The number of hydrogen-bond donors (Lipinski definition) is 1. The van der Waals surface area contributed by atoms with Crippen molar-refractivity contribution >= 4 is 23.2 Å². The molecule has 2 aromatic rings. The van der Waals surface area contributed by atoms with E-state index in [4.69, 9.17) is 5.73 Å². The van der Waals surface area contributed by atoms with Crippen LogP contribution >= 0.6 is 11.3 Å². The number of halogens is 3. The van der Waals surface area contributed by atoms with Crippen molar-refractivity contribution in [3.8, 4) is 10.6 Å². The number of thiazole rings is 1. The van der Waals surface area contributed by atoms with Gasteiger partial charge in [0.1, 0.15) is 10.8 Å². The lowest BCUT2D eigenvalue weighted by atomic mass is 10.0. The second-order valence-corrected chi connectivity index (χ2v) is 9.14. The smallest absolute Gasteiger partial charge is 0.265 e. The molecule has 166 valence electrons. The summed E-state index contributed by atoms with van der Waals surface area (Å²) < 4.78 is 40.3. The summed E-state index contributed by atoms with van der Waals surface area (Å²) in [7, 11) is 0. The molecule has 0 saturated carbocycles. The van der Waals surface area contributed by atoms with E-state index in [1.807, 2.05) is 0 Å². The number of carbonyl (C=O) groups excluding carboxylic acids is 2. The van der Waals surface area contributed by atoms with E-state index < -0.39 is 24.9 Å². The Morgan fingerprint density at radius 2 is 2.00 bits per heavy atom. The number of amides is 2. The standard InChI is InChI=1S/C21H23F3N4O2S/c22-14-3-1-13(2-4-14)20-26-16-11-27(8-6-17(16)31-20)19(30)9-15(25)10-28-12-21(23,24)7-5-18(28)29/h1-4,15H,5-12,25H2/t15-/m0/s1. The summed E-state index contributed by atoms with van der Waals surface area (Å²) in [5, 5.41) is 0.778. The van der Waals surface area contributed by atoms with Gasteiger partial charge < -0.3 is 15.5 Å². The van der Waals surface area contributed by atoms with Gasteiger partial charge in [-0.3, -0.25) is 9.59 Å². The van der Waals surface area contributed by atoms with Crippen LogP contribution in [0.25, 0.3) is 10.6 Å². The highest BCUT2D eigenvalue weighted by Gasteiger charge is 2.39. The van der Waals surface area contributed by atoms with Gasteiger partial charge in [-0.2, -0.15) is 0 Å². The summed E-state index contributed by atoms with van der Waals surface area (Å²) in [5.41, 5.74) is 7.65. The molecule has 2 amide bonds. The average Bonchev–Trinajstić information content (AvgIpc) is 3.14. The molecule has 2 N–H and O–H groups in total. The Hall–Kier alpha value is -2.46. The number of nitrogens with zero attached hydrogens (tertiary/aromatic N) is 3. The van der Waals surface area contributed by atoms with Crippen LogP contribution in [0.2, 0.25) is 0 Å². The van der Waals surface area contributed by atoms with Crippen molar-refractivity contribution in [2.45, 2.75) is 44.2 Å². The SMILES string of the molecule is N[C@@H](CC(=O)N1CCc2sc(-c3ccc(F)cc3)nc2C1)CN1CC(F)(F)CCC1=O. The molecule has 1 atom stereocenters. The van der Waals surface area contributed by atoms with Crippen molar-refractivity contribution in [1.29, 1.82) is 0 Å². The lowest BCUT2D eigenvalue weighted by molar-refractivity contribution is -0.148. The molecule has 1 aromatic heterocycles. The highest BCUT2D eigenvalue weighted by Crippen LogP contribution is 2.32. The third kappa shape index (κ3) is 5.07. The van der Waals surface area contributed by atoms with Gasteiger partial charge >= 0.3 is 0 Å². The Labute approximate surface area is 181 Å². The molecule has 0 unspecified atom stereocenters. The van der Waals surface area contributed by atoms with Crippen LogP contribution in [0.3, 0.4) is 0 Å². The minimum Gasteiger partial charge on any atom is -0.336 e. The van der Waals surface area contributed by atoms with Gasteiger partial charge in [-0.15, -0.1) is 11.3 Å². The lowest BCUT2D eigenvalue weighted by Crippen LogP contribution is -2.51. The van der Waals surface area contributed by atoms with Crippen molar-refractivity contribution < 1.29 is 22.8 Å². The van der Waals surface area contributed by atoms with Crippen molar-refractivity contribution in [2.24, 2.45) is 5.73 Å². The Bertz CT molecular complexity index is 980. The number of benzene rings is 1.